The summed E-state index contributed by atoms with van der Waals surface area (Å²) in [5.74, 6) is 0.449. The Balaban J connectivity index is 0.00000300. The molecule has 2 aliphatic rings. The Labute approximate surface area is 187 Å². The molecule has 1 atom stereocenters. The number of aromatic nitrogens is 1. The number of pyridine rings is 1. The number of guanidine groups is 1. The van der Waals surface area contributed by atoms with Gasteiger partial charge in [-0.3, -0.25) is 19.5 Å². The molecule has 1 unspecified atom stereocenters. The number of likely N-dealkylation sites (tertiary alicyclic amines) is 1. The second-order valence-electron chi connectivity index (χ2n) is 6.94. The van der Waals surface area contributed by atoms with Crippen LogP contribution in [0.4, 0.5) is 10.2 Å². The van der Waals surface area contributed by atoms with Gasteiger partial charge in [0.2, 0.25) is 11.8 Å². The van der Waals surface area contributed by atoms with E-state index < -0.39 is 0 Å². The van der Waals surface area contributed by atoms with Crippen molar-refractivity contribution in [3.63, 3.8) is 0 Å². The van der Waals surface area contributed by atoms with Gasteiger partial charge in [-0.1, -0.05) is 0 Å². The number of amides is 2. The molecule has 2 aliphatic heterocycles. The molecular weight excluding hydrogens is 490 g/mol. The monoisotopic (exact) mass is 518 g/mol. The quantitative estimate of drug-likeness (QED) is 0.257. The maximum absolute atomic E-state index is 13.9. The number of hydrogen-bond acceptors (Lipinski definition) is 5. The van der Waals surface area contributed by atoms with Gasteiger partial charge in [0, 0.05) is 51.3 Å². The first-order chi connectivity index (χ1) is 13.6. The van der Waals surface area contributed by atoms with Crippen LogP contribution < -0.4 is 15.5 Å². The summed E-state index contributed by atoms with van der Waals surface area (Å²) in [5.41, 5.74) is 0. The van der Waals surface area contributed by atoms with Gasteiger partial charge in [-0.2, -0.15) is 0 Å². The number of carbonyl (C=O) groups is 2. The smallest absolute Gasteiger partial charge is 0.229 e. The predicted octanol–water partition coefficient (Wildman–Crippen LogP) is 1.51. The number of hydrogen-bond donors (Lipinski definition) is 2. The van der Waals surface area contributed by atoms with Crippen LogP contribution in [0.5, 0.6) is 0 Å². The third-order valence-corrected chi connectivity index (χ3v) is 4.89. The van der Waals surface area contributed by atoms with Crippen molar-refractivity contribution in [3.8, 4) is 0 Å². The predicted molar refractivity (Wildman–Crippen MR) is 120 cm³/mol. The lowest BCUT2D eigenvalue weighted by Gasteiger charge is -2.24. The molecule has 0 saturated carbocycles. The number of piperidine rings is 1. The molecule has 0 aliphatic carbocycles. The third-order valence-electron chi connectivity index (χ3n) is 4.89. The fourth-order valence-electron chi connectivity index (χ4n) is 3.50. The van der Waals surface area contributed by atoms with Crippen LogP contribution in [0.1, 0.15) is 32.6 Å². The number of halogens is 2. The first-order valence-electron chi connectivity index (χ1n) is 9.82. The SMILES string of the molecule is CCNC(=NCCN1C(=O)CCCC1=O)NC1CCN(c2ncccc2F)C1.I. The molecule has 10 heteroatoms. The lowest BCUT2D eigenvalue weighted by atomic mass is 10.1. The molecule has 2 amide bonds. The minimum atomic E-state index is -0.320. The molecule has 0 spiro atoms. The molecule has 2 saturated heterocycles. The van der Waals surface area contributed by atoms with E-state index in [1.54, 1.807) is 12.3 Å². The Hall–Kier alpha value is -1.98. The van der Waals surface area contributed by atoms with E-state index in [0.29, 0.717) is 63.8 Å². The van der Waals surface area contributed by atoms with Crippen molar-refractivity contribution >= 4 is 47.6 Å². The number of nitrogens with zero attached hydrogens (tertiary/aromatic N) is 4. The number of rotatable bonds is 6. The van der Waals surface area contributed by atoms with E-state index in [4.69, 9.17) is 0 Å². The summed E-state index contributed by atoms with van der Waals surface area (Å²) in [7, 11) is 0. The summed E-state index contributed by atoms with van der Waals surface area (Å²) >= 11 is 0. The molecule has 160 valence electrons. The van der Waals surface area contributed by atoms with Gasteiger partial charge in [0.1, 0.15) is 0 Å². The van der Waals surface area contributed by atoms with Crippen LogP contribution in [0.15, 0.2) is 23.3 Å². The normalized spacial score (nSPS) is 19.9. The average Bonchev–Trinajstić information content (AvgIpc) is 3.13. The maximum Gasteiger partial charge on any atom is 0.229 e. The highest BCUT2D eigenvalue weighted by molar-refractivity contribution is 14.0. The lowest BCUT2D eigenvalue weighted by molar-refractivity contribution is -0.147. The first-order valence-corrected chi connectivity index (χ1v) is 9.82. The van der Waals surface area contributed by atoms with Crippen molar-refractivity contribution in [3.05, 3.63) is 24.1 Å². The average molecular weight is 518 g/mol. The molecule has 2 fully saturated rings. The van der Waals surface area contributed by atoms with Gasteiger partial charge >= 0.3 is 0 Å². The first kappa shape index (κ1) is 23.3. The lowest BCUT2D eigenvalue weighted by Crippen LogP contribution is -2.45. The minimum Gasteiger partial charge on any atom is -0.357 e. The van der Waals surface area contributed by atoms with Gasteiger partial charge in [0.05, 0.1) is 6.54 Å². The highest BCUT2D eigenvalue weighted by atomic mass is 127. The molecule has 0 aromatic carbocycles. The van der Waals surface area contributed by atoms with Crippen molar-refractivity contribution in [2.75, 3.05) is 37.6 Å². The van der Waals surface area contributed by atoms with Crippen LogP contribution >= 0.6 is 24.0 Å². The number of carbonyl (C=O) groups excluding carboxylic acids is 2. The minimum absolute atomic E-state index is 0. The van der Waals surface area contributed by atoms with Crippen molar-refractivity contribution < 1.29 is 14.0 Å². The van der Waals surface area contributed by atoms with E-state index in [9.17, 15) is 14.0 Å². The summed E-state index contributed by atoms with van der Waals surface area (Å²) in [6.07, 6.45) is 3.92. The van der Waals surface area contributed by atoms with Crippen LogP contribution in [-0.4, -0.2) is 66.4 Å². The molecule has 0 bridgehead atoms. The van der Waals surface area contributed by atoms with Gasteiger partial charge in [-0.15, -0.1) is 24.0 Å². The van der Waals surface area contributed by atoms with Crippen molar-refractivity contribution in [2.24, 2.45) is 4.99 Å². The van der Waals surface area contributed by atoms with E-state index >= 15 is 0 Å². The third kappa shape index (κ3) is 6.25. The highest BCUT2D eigenvalue weighted by Gasteiger charge is 2.27. The highest BCUT2D eigenvalue weighted by Crippen LogP contribution is 2.20. The van der Waals surface area contributed by atoms with Crippen molar-refractivity contribution in [1.82, 2.24) is 20.5 Å². The molecule has 3 heterocycles. The summed E-state index contributed by atoms with van der Waals surface area (Å²) in [6.45, 7) is 4.64. The number of imide groups is 1. The van der Waals surface area contributed by atoms with E-state index in [-0.39, 0.29) is 47.7 Å². The second-order valence-corrected chi connectivity index (χ2v) is 6.94. The molecule has 29 heavy (non-hydrogen) atoms. The fraction of sp³-hybridized carbons (Fsp3) is 0.579. The van der Waals surface area contributed by atoms with Gasteiger partial charge < -0.3 is 15.5 Å². The van der Waals surface area contributed by atoms with Gasteiger partial charge in [-0.25, -0.2) is 9.37 Å². The maximum atomic E-state index is 13.9. The molecule has 0 radical (unpaired) electrons. The molecule has 1 aromatic rings. The summed E-state index contributed by atoms with van der Waals surface area (Å²) in [5, 5.41) is 6.53. The molecule has 2 N–H and O–H groups in total. The van der Waals surface area contributed by atoms with Crippen LogP contribution in [-0.2, 0) is 9.59 Å². The molecular formula is C19H28FIN6O2. The zero-order valence-electron chi connectivity index (χ0n) is 16.6. The van der Waals surface area contributed by atoms with Crippen molar-refractivity contribution in [2.45, 2.75) is 38.6 Å². The van der Waals surface area contributed by atoms with Gasteiger partial charge in [-0.05, 0) is 31.9 Å². The van der Waals surface area contributed by atoms with E-state index in [1.807, 2.05) is 11.8 Å². The van der Waals surface area contributed by atoms with Crippen LogP contribution in [0.3, 0.4) is 0 Å². The van der Waals surface area contributed by atoms with Gasteiger partial charge in [0.15, 0.2) is 17.6 Å². The van der Waals surface area contributed by atoms with Crippen LogP contribution in [0.2, 0.25) is 0 Å². The topological polar surface area (TPSA) is 89.9 Å². The van der Waals surface area contributed by atoms with Crippen LogP contribution in [0.25, 0.3) is 0 Å². The molecule has 3 rings (SSSR count). The largest absolute Gasteiger partial charge is 0.357 e. The van der Waals surface area contributed by atoms with E-state index in [0.717, 1.165) is 6.42 Å². The molecule has 1 aromatic heterocycles. The van der Waals surface area contributed by atoms with E-state index in [2.05, 4.69) is 20.6 Å². The second kappa shape index (κ2) is 11.3. The van der Waals surface area contributed by atoms with Crippen molar-refractivity contribution in [1.29, 1.82) is 0 Å². The molecule has 8 nitrogen and oxygen atoms in total. The van der Waals surface area contributed by atoms with E-state index in [1.165, 1.54) is 11.0 Å². The zero-order chi connectivity index (χ0) is 19.9. The van der Waals surface area contributed by atoms with Crippen LogP contribution in [0, 0.1) is 5.82 Å². The Kier molecular flexibility index (Phi) is 9.05. The zero-order valence-corrected chi connectivity index (χ0v) is 18.9. The number of nitrogens with one attached hydrogen (secondary N) is 2. The standard InChI is InChI=1S/C19H27FN6O2.HI/c1-2-21-19(23-10-12-26-16(27)6-3-7-17(26)28)24-14-8-11-25(13-14)18-15(20)5-4-9-22-18;/h4-5,9,14H,2-3,6-8,10-13H2,1H3,(H2,21,23,24);1H. The van der Waals surface area contributed by atoms with Gasteiger partial charge in [0.25, 0.3) is 0 Å². The number of anilines is 1. The Morgan fingerprint density at radius 3 is 2.79 bits per heavy atom. The summed E-state index contributed by atoms with van der Waals surface area (Å²) in [4.78, 5) is 35.6. The Morgan fingerprint density at radius 1 is 1.34 bits per heavy atom. The Morgan fingerprint density at radius 2 is 2.10 bits per heavy atom. The summed E-state index contributed by atoms with van der Waals surface area (Å²) < 4.78 is 13.9. The summed E-state index contributed by atoms with van der Waals surface area (Å²) in [6, 6.07) is 3.10. The number of aliphatic imine (C=N–C) groups is 1. The fourth-order valence-corrected chi connectivity index (χ4v) is 3.50. The Bertz CT molecular complexity index is 731.